The third-order valence-electron chi connectivity index (χ3n) is 5.50. The van der Waals surface area contributed by atoms with Gasteiger partial charge in [-0.05, 0) is 42.7 Å². The predicted octanol–water partition coefficient (Wildman–Crippen LogP) is 4.16. The van der Waals surface area contributed by atoms with Crippen LogP contribution in [0.1, 0.15) is 24.8 Å². The van der Waals surface area contributed by atoms with E-state index >= 15 is 0 Å². The van der Waals surface area contributed by atoms with Crippen molar-refractivity contribution >= 4 is 39.2 Å². The fraction of sp³-hybridized carbons (Fsp3) is 0.333. The Bertz CT molecular complexity index is 1360. The molecule has 0 aliphatic carbocycles. The standard InChI is InChI=1S/C21H23ClF3N7O3S/c1-35-16-9-12(5-6-17(16)36(33,34)31-32-7-3-2-4-8-32)18-14(21(23,24)25)10-13(11-15(18)22)27-20-28-19(26)29-30-20/h5-6,9-11,31H,2-4,7-8H2,1H3,(H4,26,27,28,29,30). The Hall–Kier alpha value is -3.07. The molecule has 4 rings (SSSR count). The zero-order chi connectivity index (χ0) is 26.1. The summed E-state index contributed by atoms with van der Waals surface area (Å²) in [6, 6.07) is 5.78. The molecule has 1 aliphatic rings. The van der Waals surface area contributed by atoms with Gasteiger partial charge >= 0.3 is 6.18 Å². The summed E-state index contributed by atoms with van der Waals surface area (Å²) in [7, 11) is -2.79. The molecular weight excluding hydrogens is 523 g/mol. The number of benzene rings is 2. The van der Waals surface area contributed by atoms with E-state index in [1.165, 1.54) is 31.4 Å². The van der Waals surface area contributed by atoms with Gasteiger partial charge in [-0.25, -0.2) is 18.5 Å². The lowest BCUT2D eigenvalue weighted by Gasteiger charge is -2.27. The van der Waals surface area contributed by atoms with Crippen molar-refractivity contribution in [1.29, 1.82) is 0 Å². The van der Waals surface area contributed by atoms with Crippen molar-refractivity contribution in [2.45, 2.75) is 30.3 Å². The molecule has 1 saturated heterocycles. The first-order valence-electron chi connectivity index (χ1n) is 10.8. The van der Waals surface area contributed by atoms with Crippen molar-refractivity contribution in [2.24, 2.45) is 0 Å². The van der Waals surface area contributed by atoms with Gasteiger partial charge in [-0.2, -0.15) is 18.2 Å². The quantitative estimate of drug-likeness (QED) is 0.347. The van der Waals surface area contributed by atoms with Gasteiger partial charge in [0.05, 0.1) is 17.7 Å². The Morgan fingerprint density at radius 1 is 1.17 bits per heavy atom. The van der Waals surface area contributed by atoms with E-state index in [0.29, 0.717) is 13.1 Å². The highest BCUT2D eigenvalue weighted by Crippen LogP contribution is 2.44. The zero-order valence-corrected chi connectivity index (χ0v) is 20.6. The van der Waals surface area contributed by atoms with E-state index in [2.05, 4.69) is 25.3 Å². The first-order chi connectivity index (χ1) is 17.0. The molecule has 2 aromatic carbocycles. The molecule has 36 heavy (non-hydrogen) atoms. The number of piperidine rings is 1. The summed E-state index contributed by atoms with van der Waals surface area (Å²) >= 11 is 6.31. The van der Waals surface area contributed by atoms with Gasteiger partial charge in [0.15, 0.2) is 0 Å². The predicted molar refractivity (Wildman–Crippen MR) is 128 cm³/mol. The number of sulfonamides is 1. The van der Waals surface area contributed by atoms with Crippen LogP contribution in [0.4, 0.5) is 30.8 Å². The molecule has 15 heteroatoms. The van der Waals surface area contributed by atoms with Crippen LogP contribution in [0.2, 0.25) is 5.02 Å². The van der Waals surface area contributed by atoms with Crippen molar-refractivity contribution in [1.82, 2.24) is 25.0 Å². The van der Waals surface area contributed by atoms with E-state index in [0.717, 1.165) is 25.3 Å². The van der Waals surface area contributed by atoms with E-state index in [1.807, 2.05) is 0 Å². The lowest BCUT2D eigenvalue weighted by molar-refractivity contribution is -0.137. The van der Waals surface area contributed by atoms with Gasteiger partial charge in [-0.3, -0.25) is 0 Å². The monoisotopic (exact) mass is 545 g/mol. The minimum Gasteiger partial charge on any atom is -0.495 e. The molecule has 0 unspecified atom stereocenters. The lowest BCUT2D eigenvalue weighted by atomic mass is 9.98. The maximum atomic E-state index is 14.1. The number of nitrogens with one attached hydrogen (secondary N) is 3. The molecule has 5 N–H and O–H groups in total. The Morgan fingerprint density at radius 2 is 1.89 bits per heavy atom. The molecule has 0 radical (unpaired) electrons. The first-order valence-corrected chi connectivity index (χ1v) is 12.7. The van der Waals surface area contributed by atoms with Gasteiger partial charge in [0.25, 0.3) is 10.0 Å². The second-order valence-electron chi connectivity index (χ2n) is 8.06. The number of aromatic nitrogens is 3. The van der Waals surface area contributed by atoms with Crippen molar-refractivity contribution in [3.63, 3.8) is 0 Å². The molecule has 0 spiro atoms. The average Bonchev–Trinajstić information content (AvgIpc) is 3.22. The number of alkyl halides is 3. The van der Waals surface area contributed by atoms with Crippen molar-refractivity contribution in [3.05, 3.63) is 40.9 Å². The van der Waals surface area contributed by atoms with Crippen LogP contribution in [0.15, 0.2) is 35.2 Å². The van der Waals surface area contributed by atoms with Gasteiger partial charge < -0.3 is 15.8 Å². The highest BCUT2D eigenvalue weighted by molar-refractivity contribution is 7.89. The minimum atomic E-state index is -4.79. The minimum absolute atomic E-state index is 0.0202. The number of H-pyrrole nitrogens is 1. The van der Waals surface area contributed by atoms with E-state index in [-0.39, 0.29) is 44.4 Å². The van der Waals surface area contributed by atoms with E-state index in [9.17, 15) is 21.6 Å². The number of nitrogen functional groups attached to an aromatic ring is 1. The first kappa shape index (κ1) is 26.0. The molecule has 0 amide bonds. The third kappa shape index (κ3) is 5.67. The number of hydrogen-bond donors (Lipinski definition) is 4. The van der Waals surface area contributed by atoms with Crippen molar-refractivity contribution < 1.29 is 26.3 Å². The number of aromatic amines is 1. The molecular formula is C21H23ClF3N7O3S. The van der Waals surface area contributed by atoms with Crippen LogP contribution in [-0.2, 0) is 16.2 Å². The summed E-state index contributed by atoms with van der Waals surface area (Å²) in [5.41, 5.74) is 4.06. The van der Waals surface area contributed by atoms with Crippen LogP contribution in [-0.4, -0.2) is 48.8 Å². The summed E-state index contributed by atoms with van der Waals surface area (Å²) in [6.07, 6.45) is -2.07. The average molecular weight is 546 g/mol. The topological polar surface area (TPSA) is 138 Å². The molecule has 1 aromatic heterocycles. The van der Waals surface area contributed by atoms with Crippen LogP contribution < -0.4 is 20.6 Å². The number of nitrogens with zero attached hydrogens (tertiary/aromatic N) is 3. The number of methoxy groups -OCH3 is 1. The number of halogens is 4. The van der Waals surface area contributed by atoms with Crippen LogP contribution >= 0.6 is 11.6 Å². The number of nitrogens with two attached hydrogens (primary N) is 1. The highest BCUT2D eigenvalue weighted by Gasteiger charge is 2.36. The molecule has 2 heterocycles. The van der Waals surface area contributed by atoms with Crippen LogP contribution in [0, 0.1) is 0 Å². The Morgan fingerprint density at radius 3 is 2.50 bits per heavy atom. The molecule has 194 valence electrons. The number of hydrogen-bond acceptors (Lipinski definition) is 8. The zero-order valence-electron chi connectivity index (χ0n) is 19.0. The summed E-state index contributed by atoms with van der Waals surface area (Å²) in [5, 5.41) is 10.1. The molecule has 3 aromatic rings. The Labute approximate surface area is 210 Å². The van der Waals surface area contributed by atoms with Gasteiger partial charge in [0.1, 0.15) is 10.6 Å². The largest absolute Gasteiger partial charge is 0.495 e. The highest BCUT2D eigenvalue weighted by atomic mass is 35.5. The molecule has 0 saturated carbocycles. The number of ether oxygens (including phenoxy) is 1. The fourth-order valence-corrected chi connectivity index (χ4v) is 5.51. The SMILES string of the molecule is COc1cc(-c2c(Cl)cc(Nc3n[nH]c(N)n3)cc2C(F)(F)F)ccc1S(=O)(=O)NN1CCCCC1. The van der Waals surface area contributed by atoms with E-state index < -0.39 is 21.8 Å². The van der Waals surface area contributed by atoms with Crippen LogP contribution in [0.5, 0.6) is 5.75 Å². The summed E-state index contributed by atoms with van der Waals surface area (Å²) in [5.74, 6) is -0.186. The second kappa shape index (κ2) is 10.1. The molecule has 1 aliphatic heterocycles. The van der Waals surface area contributed by atoms with Gasteiger partial charge in [0, 0.05) is 24.3 Å². The van der Waals surface area contributed by atoms with E-state index in [4.69, 9.17) is 22.1 Å². The van der Waals surface area contributed by atoms with Gasteiger partial charge in [-0.1, -0.05) is 24.1 Å². The van der Waals surface area contributed by atoms with Crippen molar-refractivity contribution in [3.8, 4) is 16.9 Å². The number of rotatable bonds is 7. The van der Waals surface area contributed by atoms with Gasteiger partial charge in [0.2, 0.25) is 11.9 Å². The maximum absolute atomic E-state index is 14.1. The molecule has 1 fully saturated rings. The molecule has 0 bridgehead atoms. The summed E-state index contributed by atoms with van der Waals surface area (Å²) in [4.78, 5) is 6.11. The van der Waals surface area contributed by atoms with Crippen LogP contribution in [0.3, 0.4) is 0 Å². The smallest absolute Gasteiger partial charge is 0.417 e. The maximum Gasteiger partial charge on any atom is 0.417 e. The molecule has 10 nitrogen and oxygen atoms in total. The fourth-order valence-electron chi connectivity index (χ4n) is 3.90. The number of anilines is 3. The normalized spacial score (nSPS) is 15.1. The summed E-state index contributed by atoms with van der Waals surface area (Å²) in [6.45, 7) is 1.12. The van der Waals surface area contributed by atoms with Crippen molar-refractivity contribution in [2.75, 3.05) is 31.2 Å². The number of hydrazine groups is 1. The lowest BCUT2D eigenvalue weighted by Crippen LogP contribution is -2.44. The molecule has 0 atom stereocenters. The van der Waals surface area contributed by atoms with Gasteiger partial charge in [-0.15, -0.1) is 9.93 Å². The Kier molecular flexibility index (Phi) is 7.31. The Balaban J connectivity index is 1.73. The van der Waals surface area contributed by atoms with Crippen LogP contribution in [0.25, 0.3) is 11.1 Å². The third-order valence-corrected chi connectivity index (χ3v) is 7.21. The van der Waals surface area contributed by atoms with E-state index in [1.54, 1.807) is 5.01 Å². The second-order valence-corrected chi connectivity index (χ2v) is 10.1. The summed E-state index contributed by atoms with van der Waals surface area (Å²) < 4.78 is 73.4.